The molecule has 0 aromatic carbocycles. The maximum atomic E-state index is 11.6. The average molecular weight is 246 g/mol. The second kappa shape index (κ2) is 5.76. The lowest BCUT2D eigenvalue weighted by Gasteiger charge is -2.20. The number of esters is 1. The minimum Gasteiger partial charge on any atom is -0.466 e. The van der Waals surface area contributed by atoms with Crippen molar-refractivity contribution in [3.63, 3.8) is 0 Å². The van der Waals surface area contributed by atoms with Gasteiger partial charge in [0.05, 0.1) is 30.1 Å². The number of hydrogen-bond donors (Lipinski definition) is 0. The monoisotopic (exact) mass is 246 g/mol. The quantitative estimate of drug-likeness (QED) is 0.769. The minimum absolute atomic E-state index is 0.00599. The molecular formula is C14H18N2O2. The van der Waals surface area contributed by atoms with Gasteiger partial charge in [-0.1, -0.05) is 6.08 Å². The maximum absolute atomic E-state index is 11.6. The Morgan fingerprint density at radius 3 is 2.94 bits per heavy atom. The third-order valence-corrected chi connectivity index (χ3v) is 3.11. The molecule has 0 fully saturated rings. The highest BCUT2D eigenvalue weighted by atomic mass is 16.5. The van der Waals surface area contributed by atoms with Crippen molar-refractivity contribution in [1.82, 2.24) is 9.97 Å². The topological polar surface area (TPSA) is 52.1 Å². The van der Waals surface area contributed by atoms with E-state index in [1.165, 1.54) is 5.57 Å². The first-order valence-electron chi connectivity index (χ1n) is 6.35. The van der Waals surface area contributed by atoms with Gasteiger partial charge in [0.15, 0.2) is 0 Å². The molecule has 0 bridgehead atoms. The van der Waals surface area contributed by atoms with Crippen LogP contribution in [-0.2, 0) is 9.53 Å². The van der Waals surface area contributed by atoms with Crippen molar-refractivity contribution >= 4 is 11.5 Å². The molecule has 1 aliphatic carbocycles. The minimum atomic E-state index is -0.0804. The molecule has 4 nitrogen and oxygen atoms in total. The zero-order chi connectivity index (χ0) is 13.0. The molecule has 2 rings (SSSR count). The van der Waals surface area contributed by atoms with Crippen molar-refractivity contribution in [2.24, 2.45) is 5.92 Å². The first kappa shape index (κ1) is 12.7. The zero-order valence-corrected chi connectivity index (χ0v) is 10.8. The molecule has 0 N–H and O–H groups in total. The molecule has 1 atom stereocenters. The Kier molecular flexibility index (Phi) is 4.07. The lowest BCUT2D eigenvalue weighted by atomic mass is 9.88. The van der Waals surface area contributed by atoms with E-state index in [4.69, 9.17) is 4.74 Å². The van der Waals surface area contributed by atoms with Crippen LogP contribution in [-0.4, -0.2) is 22.5 Å². The lowest BCUT2D eigenvalue weighted by molar-refractivity contribution is -0.148. The number of rotatable bonds is 3. The molecule has 18 heavy (non-hydrogen) atoms. The molecule has 0 spiro atoms. The Hall–Kier alpha value is -1.71. The zero-order valence-electron chi connectivity index (χ0n) is 10.8. The van der Waals surface area contributed by atoms with E-state index < -0.39 is 0 Å². The van der Waals surface area contributed by atoms with Crippen LogP contribution in [0.4, 0.5) is 0 Å². The molecule has 4 heteroatoms. The van der Waals surface area contributed by atoms with E-state index in [0.717, 1.165) is 30.7 Å². The van der Waals surface area contributed by atoms with Crippen LogP contribution in [0, 0.1) is 12.8 Å². The van der Waals surface area contributed by atoms with Crippen LogP contribution in [0.3, 0.4) is 0 Å². The highest BCUT2D eigenvalue weighted by Crippen LogP contribution is 2.29. The van der Waals surface area contributed by atoms with E-state index in [0.29, 0.717) is 6.61 Å². The molecular weight excluding hydrogens is 228 g/mol. The summed E-state index contributed by atoms with van der Waals surface area (Å²) < 4.78 is 5.05. The summed E-state index contributed by atoms with van der Waals surface area (Å²) in [7, 11) is 0. The van der Waals surface area contributed by atoms with Crippen LogP contribution in [0.5, 0.6) is 0 Å². The maximum Gasteiger partial charge on any atom is 0.309 e. The number of carbonyl (C=O) groups is 1. The predicted octanol–water partition coefficient (Wildman–Crippen LogP) is 2.53. The summed E-state index contributed by atoms with van der Waals surface area (Å²) in [5.41, 5.74) is 3.03. The van der Waals surface area contributed by atoms with Crippen LogP contribution in [0.25, 0.3) is 5.57 Å². The van der Waals surface area contributed by atoms with Gasteiger partial charge in [0.2, 0.25) is 0 Å². The van der Waals surface area contributed by atoms with E-state index in [2.05, 4.69) is 16.0 Å². The number of carbonyl (C=O) groups excluding carboxylic acids is 1. The molecule has 96 valence electrons. The molecule has 1 heterocycles. The third kappa shape index (κ3) is 2.94. The Morgan fingerprint density at radius 1 is 1.50 bits per heavy atom. The first-order chi connectivity index (χ1) is 8.70. The Morgan fingerprint density at radius 2 is 2.33 bits per heavy atom. The van der Waals surface area contributed by atoms with Gasteiger partial charge in [0.1, 0.15) is 0 Å². The van der Waals surface area contributed by atoms with Crippen molar-refractivity contribution in [3.05, 3.63) is 29.9 Å². The molecule has 0 amide bonds. The molecule has 1 aromatic heterocycles. The summed E-state index contributed by atoms with van der Waals surface area (Å²) in [5, 5.41) is 0. The highest BCUT2D eigenvalue weighted by molar-refractivity contribution is 5.75. The summed E-state index contributed by atoms with van der Waals surface area (Å²) in [6.07, 6.45) is 8.05. The molecule has 1 aliphatic rings. The number of aromatic nitrogens is 2. The van der Waals surface area contributed by atoms with Crippen molar-refractivity contribution in [2.45, 2.75) is 33.1 Å². The van der Waals surface area contributed by atoms with Crippen LogP contribution < -0.4 is 0 Å². The van der Waals surface area contributed by atoms with Gasteiger partial charge in [-0.15, -0.1) is 0 Å². The van der Waals surface area contributed by atoms with Gasteiger partial charge in [0.25, 0.3) is 0 Å². The Labute approximate surface area is 107 Å². The summed E-state index contributed by atoms with van der Waals surface area (Å²) in [6, 6.07) is 0. The largest absolute Gasteiger partial charge is 0.466 e. The SMILES string of the molecule is CCOC(=O)[C@H]1CC=C(c2cncc(C)n2)CC1. The van der Waals surface area contributed by atoms with Crippen molar-refractivity contribution in [1.29, 1.82) is 0 Å². The van der Waals surface area contributed by atoms with Gasteiger partial charge >= 0.3 is 5.97 Å². The lowest BCUT2D eigenvalue weighted by Crippen LogP contribution is -2.19. The number of aryl methyl sites for hydroxylation is 1. The van der Waals surface area contributed by atoms with Gasteiger partial charge in [-0.2, -0.15) is 0 Å². The third-order valence-electron chi connectivity index (χ3n) is 3.11. The van der Waals surface area contributed by atoms with E-state index in [1.807, 2.05) is 13.8 Å². The van der Waals surface area contributed by atoms with Gasteiger partial charge in [0, 0.05) is 6.20 Å². The predicted molar refractivity (Wildman–Crippen MR) is 68.7 cm³/mol. The fraction of sp³-hybridized carbons (Fsp3) is 0.500. The number of allylic oxidation sites excluding steroid dienone is 2. The van der Waals surface area contributed by atoms with Crippen molar-refractivity contribution < 1.29 is 9.53 Å². The molecule has 0 radical (unpaired) electrons. The summed E-state index contributed by atoms with van der Waals surface area (Å²) in [6.45, 7) is 4.22. The molecule has 1 aromatic rings. The summed E-state index contributed by atoms with van der Waals surface area (Å²) in [5.74, 6) is -0.0744. The number of ether oxygens (including phenoxy) is 1. The molecule has 0 saturated heterocycles. The summed E-state index contributed by atoms with van der Waals surface area (Å²) >= 11 is 0. The second-order valence-electron chi connectivity index (χ2n) is 4.50. The van der Waals surface area contributed by atoms with Gasteiger partial charge < -0.3 is 4.74 Å². The van der Waals surface area contributed by atoms with Gasteiger partial charge in [-0.05, 0) is 38.7 Å². The van der Waals surface area contributed by atoms with Crippen LogP contribution in [0.15, 0.2) is 18.5 Å². The van der Waals surface area contributed by atoms with Crippen LogP contribution in [0.1, 0.15) is 37.6 Å². The van der Waals surface area contributed by atoms with Gasteiger partial charge in [-0.3, -0.25) is 14.8 Å². The van der Waals surface area contributed by atoms with Gasteiger partial charge in [-0.25, -0.2) is 0 Å². The van der Waals surface area contributed by atoms with E-state index >= 15 is 0 Å². The number of nitrogens with zero attached hydrogens (tertiary/aromatic N) is 2. The Balaban J connectivity index is 2.05. The van der Waals surface area contributed by atoms with Crippen molar-refractivity contribution in [2.75, 3.05) is 6.61 Å². The average Bonchev–Trinajstić information content (AvgIpc) is 2.39. The molecule has 0 saturated carbocycles. The summed E-state index contributed by atoms with van der Waals surface area (Å²) in [4.78, 5) is 20.2. The smallest absolute Gasteiger partial charge is 0.309 e. The van der Waals surface area contributed by atoms with Crippen LogP contribution in [0.2, 0.25) is 0 Å². The van der Waals surface area contributed by atoms with E-state index in [-0.39, 0.29) is 11.9 Å². The molecule has 0 unspecified atom stereocenters. The Bertz CT molecular complexity index is 469. The van der Waals surface area contributed by atoms with Crippen molar-refractivity contribution in [3.8, 4) is 0 Å². The van der Waals surface area contributed by atoms with Crippen LogP contribution >= 0.6 is 0 Å². The highest BCUT2D eigenvalue weighted by Gasteiger charge is 2.23. The normalized spacial score (nSPS) is 19.2. The van der Waals surface area contributed by atoms with E-state index in [1.54, 1.807) is 12.4 Å². The standard InChI is InChI=1S/C14H18N2O2/c1-3-18-14(17)12-6-4-11(5-7-12)13-9-15-8-10(2)16-13/h4,8-9,12H,3,5-7H2,1-2H3/t12-/m0/s1. The first-order valence-corrected chi connectivity index (χ1v) is 6.35. The second-order valence-corrected chi connectivity index (χ2v) is 4.50. The fourth-order valence-electron chi connectivity index (χ4n) is 2.16. The van der Waals surface area contributed by atoms with E-state index in [9.17, 15) is 4.79 Å². The fourth-order valence-corrected chi connectivity index (χ4v) is 2.16. The molecule has 0 aliphatic heterocycles. The number of hydrogen-bond acceptors (Lipinski definition) is 4.